The number of methoxy groups -OCH3 is 1. The quantitative estimate of drug-likeness (QED) is 0.522. The normalized spacial score (nSPS) is 11.5. The van der Waals surface area contributed by atoms with E-state index in [4.69, 9.17) is 10.5 Å². The van der Waals surface area contributed by atoms with Crippen LogP contribution in [0.2, 0.25) is 0 Å². The lowest BCUT2D eigenvalue weighted by atomic mass is 10.2. The number of nitrogens with two attached hydrogens (primary N) is 1. The van der Waals surface area contributed by atoms with Crippen molar-refractivity contribution < 1.29 is 14.5 Å². The molecule has 110 valence electrons. The second-order valence-electron chi connectivity index (χ2n) is 4.46. The van der Waals surface area contributed by atoms with Crippen LogP contribution in [0.1, 0.15) is 19.0 Å². The third kappa shape index (κ3) is 3.44. The predicted octanol–water partition coefficient (Wildman–Crippen LogP) is -0.500. The monoisotopic (exact) mass is 288 g/mol. The fraction of sp³-hybridized carbons (Fsp3) is 0.286. The molecule has 1 aromatic carbocycles. The zero-order chi connectivity index (χ0) is 15.4. The molecule has 0 saturated carbocycles. The molecule has 1 amide bonds. The standard InChI is InChI=1S/C14H17N5O2/c1-4-12(20)18-13(15)19-14-16-8(2)10-6-5-9(21-3)7-11(10)17-14/h5-7H,4H2,1-3H3,(H3,15,16,17,18,19,20)/p+1. The highest BCUT2D eigenvalue weighted by Crippen LogP contribution is 2.21. The van der Waals surface area contributed by atoms with Crippen LogP contribution < -0.4 is 20.8 Å². The molecular formula is C14H18N5O2+. The SMILES string of the molecule is CCC(=O)N/C(N)=[NH+]/c1nc(C)c2ccc(OC)cc2n1. The number of aromatic nitrogens is 2. The minimum Gasteiger partial charge on any atom is -0.497 e. The molecule has 0 saturated heterocycles. The highest BCUT2D eigenvalue weighted by atomic mass is 16.5. The van der Waals surface area contributed by atoms with Crippen LogP contribution in [0.15, 0.2) is 18.2 Å². The van der Waals surface area contributed by atoms with Gasteiger partial charge in [0.2, 0.25) is 0 Å². The van der Waals surface area contributed by atoms with Crippen molar-refractivity contribution in [2.45, 2.75) is 20.3 Å². The van der Waals surface area contributed by atoms with Gasteiger partial charge >= 0.3 is 5.95 Å². The van der Waals surface area contributed by atoms with Crippen molar-refractivity contribution >= 4 is 28.7 Å². The number of carbonyl (C=O) groups is 1. The van der Waals surface area contributed by atoms with Crippen LogP contribution in [0.5, 0.6) is 5.75 Å². The minimum absolute atomic E-state index is 0.100. The number of aryl methyl sites for hydroxylation is 1. The number of hydrogen-bond acceptors (Lipinski definition) is 4. The van der Waals surface area contributed by atoms with Crippen LogP contribution in [-0.4, -0.2) is 28.9 Å². The molecule has 0 bridgehead atoms. The Kier molecular flexibility index (Phi) is 4.32. The molecule has 1 aromatic heterocycles. The van der Waals surface area contributed by atoms with Gasteiger partial charge in [0.1, 0.15) is 11.3 Å². The molecule has 2 rings (SSSR count). The number of carbonyl (C=O) groups excluding carboxylic acids is 1. The van der Waals surface area contributed by atoms with Gasteiger partial charge in [-0.3, -0.25) is 4.79 Å². The summed E-state index contributed by atoms with van der Waals surface area (Å²) >= 11 is 0. The molecule has 0 radical (unpaired) electrons. The Balaban J connectivity index is 2.41. The second-order valence-corrected chi connectivity index (χ2v) is 4.46. The van der Waals surface area contributed by atoms with E-state index in [0.717, 1.165) is 16.6 Å². The number of benzene rings is 1. The van der Waals surface area contributed by atoms with Gasteiger partial charge in [0.05, 0.1) is 12.8 Å². The summed E-state index contributed by atoms with van der Waals surface area (Å²) in [5.41, 5.74) is 7.24. The highest BCUT2D eigenvalue weighted by molar-refractivity contribution is 5.93. The fourth-order valence-electron chi connectivity index (χ4n) is 1.84. The zero-order valence-electron chi connectivity index (χ0n) is 12.2. The number of hydrogen-bond donors (Lipinski definition) is 3. The van der Waals surface area contributed by atoms with E-state index in [-0.39, 0.29) is 11.9 Å². The Morgan fingerprint density at radius 3 is 2.86 bits per heavy atom. The topological polar surface area (TPSA) is 104 Å². The maximum atomic E-state index is 11.3. The maximum absolute atomic E-state index is 11.3. The van der Waals surface area contributed by atoms with E-state index in [9.17, 15) is 4.79 Å². The molecule has 0 unspecified atom stereocenters. The van der Waals surface area contributed by atoms with E-state index in [1.165, 1.54) is 0 Å². The van der Waals surface area contributed by atoms with Gasteiger partial charge in [-0.05, 0) is 19.1 Å². The van der Waals surface area contributed by atoms with Gasteiger partial charge in [-0.2, -0.15) is 0 Å². The summed E-state index contributed by atoms with van der Waals surface area (Å²) in [5, 5.41) is 3.44. The van der Waals surface area contributed by atoms with Crippen molar-refractivity contribution in [1.29, 1.82) is 0 Å². The molecule has 2 aromatic rings. The fourth-order valence-corrected chi connectivity index (χ4v) is 1.84. The van der Waals surface area contributed by atoms with E-state index in [1.54, 1.807) is 14.0 Å². The Morgan fingerprint density at radius 1 is 1.43 bits per heavy atom. The number of ether oxygens (including phenoxy) is 1. The number of fused-ring (bicyclic) bond motifs is 1. The summed E-state index contributed by atoms with van der Waals surface area (Å²) in [6.45, 7) is 3.62. The first-order valence-electron chi connectivity index (χ1n) is 6.55. The van der Waals surface area contributed by atoms with Gasteiger partial charge in [0.15, 0.2) is 0 Å². The predicted molar refractivity (Wildman–Crippen MR) is 79.1 cm³/mol. The van der Waals surface area contributed by atoms with Gasteiger partial charge in [-0.25, -0.2) is 10.3 Å². The lowest BCUT2D eigenvalue weighted by Gasteiger charge is -2.02. The Labute approximate surface area is 122 Å². The number of amides is 1. The van der Waals surface area contributed by atoms with Gasteiger partial charge < -0.3 is 10.5 Å². The molecule has 0 aliphatic carbocycles. The van der Waals surface area contributed by atoms with Gasteiger partial charge in [-0.15, -0.1) is 9.97 Å². The van der Waals surface area contributed by atoms with E-state index in [2.05, 4.69) is 20.3 Å². The summed E-state index contributed by atoms with van der Waals surface area (Å²) in [7, 11) is 1.60. The van der Waals surface area contributed by atoms with E-state index in [0.29, 0.717) is 18.1 Å². The van der Waals surface area contributed by atoms with Crippen molar-refractivity contribution in [3.05, 3.63) is 23.9 Å². The third-order valence-electron chi connectivity index (χ3n) is 2.94. The van der Waals surface area contributed by atoms with E-state index >= 15 is 0 Å². The summed E-state index contributed by atoms with van der Waals surface area (Å²) in [4.78, 5) is 22.7. The average molecular weight is 288 g/mol. The van der Waals surface area contributed by atoms with Gasteiger partial charge in [-0.1, -0.05) is 6.92 Å². The smallest absolute Gasteiger partial charge is 0.354 e. The Morgan fingerprint density at radius 2 is 2.19 bits per heavy atom. The van der Waals surface area contributed by atoms with Crippen LogP contribution in [0.25, 0.3) is 10.9 Å². The minimum atomic E-state index is -0.181. The van der Waals surface area contributed by atoms with Crippen LogP contribution in [-0.2, 0) is 4.79 Å². The van der Waals surface area contributed by atoms with Crippen LogP contribution in [0.3, 0.4) is 0 Å². The number of nitrogens with zero attached hydrogens (tertiary/aromatic N) is 2. The Hall–Kier alpha value is -2.70. The summed E-state index contributed by atoms with van der Waals surface area (Å²) in [5.74, 6) is 0.951. The summed E-state index contributed by atoms with van der Waals surface area (Å²) < 4.78 is 5.18. The molecule has 0 atom stereocenters. The molecule has 1 heterocycles. The van der Waals surface area contributed by atoms with Crippen molar-refractivity contribution in [3.63, 3.8) is 0 Å². The summed E-state index contributed by atoms with van der Waals surface area (Å²) in [6.07, 6.45) is 0.344. The van der Waals surface area contributed by atoms with Gasteiger partial charge in [0.25, 0.3) is 11.9 Å². The molecule has 7 heteroatoms. The molecule has 0 spiro atoms. The van der Waals surface area contributed by atoms with E-state index in [1.807, 2.05) is 25.1 Å². The van der Waals surface area contributed by atoms with Crippen molar-refractivity contribution in [2.24, 2.45) is 5.73 Å². The van der Waals surface area contributed by atoms with Crippen LogP contribution in [0.4, 0.5) is 5.95 Å². The van der Waals surface area contributed by atoms with Crippen LogP contribution in [0, 0.1) is 6.92 Å². The lowest BCUT2D eigenvalue weighted by Crippen LogP contribution is -2.75. The number of nitrogens with one attached hydrogen (secondary N) is 2. The average Bonchev–Trinajstić information content (AvgIpc) is 2.46. The third-order valence-corrected chi connectivity index (χ3v) is 2.94. The maximum Gasteiger partial charge on any atom is 0.354 e. The molecule has 0 aliphatic rings. The van der Waals surface area contributed by atoms with E-state index < -0.39 is 0 Å². The largest absolute Gasteiger partial charge is 0.497 e. The molecule has 4 N–H and O–H groups in total. The molecule has 21 heavy (non-hydrogen) atoms. The first-order chi connectivity index (χ1) is 10.0. The summed E-state index contributed by atoms with van der Waals surface area (Å²) in [6, 6.07) is 5.57. The zero-order valence-corrected chi connectivity index (χ0v) is 12.2. The molecule has 0 fully saturated rings. The molecule has 0 aliphatic heterocycles. The lowest BCUT2D eigenvalue weighted by molar-refractivity contribution is -0.367. The van der Waals surface area contributed by atoms with Crippen LogP contribution >= 0.6 is 0 Å². The van der Waals surface area contributed by atoms with Crippen molar-refractivity contribution in [2.75, 3.05) is 7.11 Å². The highest BCUT2D eigenvalue weighted by Gasteiger charge is 2.11. The van der Waals surface area contributed by atoms with Crippen molar-refractivity contribution in [3.8, 4) is 5.75 Å². The van der Waals surface area contributed by atoms with Crippen molar-refractivity contribution in [1.82, 2.24) is 15.3 Å². The number of rotatable bonds is 3. The second kappa shape index (κ2) is 6.17. The van der Waals surface area contributed by atoms with Gasteiger partial charge in [0, 0.05) is 17.9 Å². The first kappa shape index (κ1) is 14.7. The molecular weight excluding hydrogens is 270 g/mol. The Bertz CT molecular complexity index is 712. The molecule has 7 nitrogen and oxygen atoms in total. The number of guanidine groups is 1. The first-order valence-corrected chi connectivity index (χ1v) is 6.55.